The lowest BCUT2D eigenvalue weighted by Crippen LogP contribution is -2.05. The highest BCUT2D eigenvalue weighted by atomic mass is 15.1. The zero-order valence-corrected chi connectivity index (χ0v) is 65.5. The van der Waals surface area contributed by atoms with Gasteiger partial charge in [0.15, 0.2) is 5.82 Å². The summed E-state index contributed by atoms with van der Waals surface area (Å²) in [5.74, 6) is 2.07. The van der Waals surface area contributed by atoms with E-state index in [0.717, 1.165) is 211 Å². The molecule has 0 N–H and O–H groups in total. The summed E-state index contributed by atoms with van der Waals surface area (Å²) in [6, 6.07) is 153. The van der Waals surface area contributed by atoms with E-state index in [4.69, 9.17) is 19.9 Å². The van der Waals surface area contributed by atoms with Crippen molar-refractivity contribution in [3.63, 3.8) is 0 Å². The van der Waals surface area contributed by atoms with Gasteiger partial charge in [-0.05, 0) is 189 Å². The molecular weight excluding hydrogens is 1470 g/mol. The van der Waals surface area contributed by atoms with Gasteiger partial charge in [0.05, 0.1) is 66.9 Å². The van der Waals surface area contributed by atoms with Crippen LogP contribution in [0.5, 0.6) is 0 Å². The first-order chi connectivity index (χ1) is 60.0. The molecule has 24 rings (SSSR count). The average molecular weight is 1540 g/mol. The van der Waals surface area contributed by atoms with Gasteiger partial charge in [0.1, 0.15) is 17.3 Å². The van der Waals surface area contributed by atoms with Crippen molar-refractivity contribution < 1.29 is 0 Å². The van der Waals surface area contributed by atoms with E-state index in [9.17, 15) is 0 Å². The van der Waals surface area contributed by atoms with Gasteiger partial charge >= 0.3 is 0 Å². The number of fused-ring (bicyclic) bond motifs is 13. The molecule has 0 saturated heterocycles. The molecule has 9 heteroatoms. The van der Waals surface area contributed by atoms with Crippen molar-refractivity contribution >= 4 is 92.9 Å². The Morgan fingerprint density at radius 1 is 0.174 bits per heavy atom. The topological polar surface area (TPSA) is 75.7 Å². The van der Waals surface area contributed by atoms with Crippen molar-refractivity contribution in [2.75, 3.05) is 0 Å². The zero-order valence-electron chi connectivity index (χ0n) is 65.5. The van der Waals surface area contributed by atoms with E-state index in [-0.39, 0.29) is 0 Å². The second-order valence-corrected chi connectivity index (χ2v) is 31.3. The van der Waals surface area contributed by atoms with E-state index in [2.05, 4.69) is 454 Å². The molecule has 121 heavy (non-hydrogen) atoms. The average Bonchev–Trinajstić information content (AvgIpc) is 1.59. The summed E-state index contributed by atoms with van der Waals surface area (Å²) in [5.41, 5.74) is 31.0. The lowest BCUT2D eigenvalue weighted by molar-refractivity contribution is 1.01. The monoisotopic (exact) mass is 1540 g/mol. The summed E-state index contributed by atoms with van der Waals surface area (Å²) in [5, 5.41) is 9.15. The van der Waals surface area contributed by atoms with Gasteiger partial charge in [-0.25, -0.2) is 19.9 Å². The van der Waals surface area contributed by atoms with E-state index in [1.807, 2.05) is 0 Å². The second kappa shape index (κ2) is 28.2. The maximum absolute atomic E-state index is 5.98. The second-order valence-electron chi connectivity index (χ2n) is 31.3. The van der Waals surface area contributed by atoms with Crippen LogP contribution in [0.2, 0.25) is 0 Å². The minimum atomic E-state index is 0.591. The maximum atomic E-state index is 5.98. The van der Waals surface area contributed by atoms with Crippen LogP contribution >= 0.6 is 0 Å². The van der Waals surface area contributed by atoms with Gasteiger partial charge in [0.2, 0.25) is 0 Å². The summed E-state index contributed by atoms with van der Waals surface area (Å²) in [6.07, 6.45) is 2.14. The van der Waals surface area contributed by atoms with Crippen molar-refractivity contribution in [1.82, 2.24) is 42.6 Å². The Morgan fingerprint density at radius 2 is 0.504 bits per heavy atom. The van der Waals surface area contributed by atoms with Crippen LogP contribution in [0.3, 0.4) is 0 Å². The Bertz CT molecular complexity index is 7780. The fourth-order valence-electron chi connectivity index (χ4n) is 18.7. The van der Waals surface area contributed by atoms with Crippen molar-refractivity contribution in [1.29, 1.82) is 0 Å². The van der Waals surface area contributed by atoms with Gasteiger partial charge in [-0.2, -0.15) is 0 Å². The molecule has 0 fully saturated rings. The van der Waals surface area contributed by atoms with Gasteiger partial charge in [0, 0.05) is 88.5 Å². The van der Waals surface area contributed by atoms with Gasteiger partial charge < -0.3 is 9.13 Å². The lowest BCUT2D eigenvalue weighted by Gasteiger charge is -2.16. The van der Waals surface area contributed by atoms with E-state index < -0.39 is 0 Å². The Hall–Kier alpha value is -16.4. The van der Waals surface area contributed by atoms with Gasteiger partial charge in [-0.15, -0.1) is 0 Å². The SMILES string of the molecule is c1ccc(-c2ccc3c(c2)c2cc(-c4ccccc4)ccc2n3-c2cc(-c3cc(-c4ccccc4)nc(-c4cccc(-c5ccc6c(c5)c5ccccc5n6-c5cc(-c6c(-c7ccccc7)nc7ccccn67)cc(-n6c7ccccc7c7ccccc76)c5)c4)n3)cc(-n3c4ccc(-c5ccccc5)cc4c4cc(-c5ccccc5)ccc43)n2)cc1. The lowest BCUT2D eigenvalue weighted by atomic mass is 10.00. The molecule has 0 saturated carbocycles. The molecular formula is C112H71N9. The molecule has 0 bridgehead atoms. The Morgan fingerprint density at radius 3 is 0.950 bits per heavy atom. The molecule has 0 amide bonds. The van der Waals surface area contributed by atoms with Crippen LogP contribution in [-0.4, -0.2) is 42.6 Å². The third-order valence-corrected chi connectivity index (χ3v) is 24.3. The fourth-order valence-corrected chi connectivity index (χ4v) is 18.7. The standard InChI is InChI=1S/C112H71N9/c1-7-28-72(29-8-1)79-49-55-103-93(63-79)94-64-80(73-30-9-2-10-31-73)50-56-104(94)120(103)108-68-85(69-109(115-108)121-105-57-51-81(74-32-11-3-12-33-74)65-95(105)96-66-82(52-58-106(96)121)75-34-13-4-14-35-75)98-71-97(76-36-15-5-16-37-76)113-112(114-98)84-41-27-40-78(60-84)83-53-54-102-92(67-83)91-44-21-24-47-101(91)119(102)88-62-86(111-110(77-38-17-6-18-39-77)116-107-48-25-26-59-117(107)111)61-87(70-88)118-99-45-22-19-42-89(99)90-43-20-23-46-100(90)118/h1-71H. The highest BCUT2D eigenvalue weighted by Crippen LogP contribution is 2.46. The number of para-hydroxylation sites is 3. The van der Waals surface area contributed by atoms with Crippen molar-refractivity contribution in [2.45, 2.75) is 0 Å². The number of hydrogen-bond acceptors (Lipinski definition) is 4. The summed E-state index contributed by atoms with van der Waals surface area (Å²) in [4.78, 5) is 22.7. The molecule has 24 aromatic rings. The number of hydrogen-bond donors (Lipinski definition) is 0. The molecule has 0 aliphatic rings. The molecule has 0 spiro atoms. The fraction of sp³-hybridized carbons (Fsp3) is 0. The smallest absolute Gasteiger partial charge is 0.160 e. The van der Waals surface area contributed by atoms with Gasteiger partial charge in [-0.1, -0.05) is 291 Å². The molecule has 9 nitrogen and oxygen atoms in total. The van der Waals surface area contributed by atoms with E-state index in [1.165, 1.54) is 10.8 Å². The zero-order chi connectivity index (χ0) is 79.6. The number of rotatable bonds is 14. The number of aromatic nitrogens is 9. The summed E-state index contributed by atoms with van der Waals surface area (Å²) < 4.78 is 11.8. The molecule has 8 aromatic heterocycles. The predicted octanol–water partition coefficient (Wildman–Crippen LogP) is 28.6. The molecule has 8 heterocycles. The highest BCUT2D eigenvalue weighted by molar-refractivity contribution is 6.15. The quantitative estimate of drug-likeness (QED) is 0.109. The van der Waals surface area contributed by atoms with Crippen LogP contribution in [0.25, 0.3) is 228 Å². The first-order valence-electron chi connectivity index (χ1n) is 41.1. The van der Waals surface area contributed by atoms with Crippen LogP contribution in [0.4, 0.5) is 0 Å². The van der Waals surface area contributed by atoms with Crippen LogP contribution in [-0.2, 0) is 0 Å². The molecule has 16 aromatic carbocycles. The molecule has 0 unspecified atom stereocenters. The first-order valence-corrected chi connectivity index (χ1v) is 41.1. The Labute approximate surface area is 696 Å². The van der Waals surface area contributed by atoms with E-state index in [1.54, 1.807) is 0 Å². The van der Waals surface area contributed by atoms with Crippen molar-refractivity contribution in [2.24, 2.45) is 0 Å². The number of pyridine rings is 2. The largest absolute Gasteiger partial charge is 0.309 e. The van der Waals surface area contributed by atoms with E-state index in [0.29, 0.717) is 5.82 Å². The summed E-state index contributed by atoms with van der Waals surface area (Å²) >= 11 is 0. The third kappa shape index (κ3) is 11.7. The minimum absolute atomic E-state index is 0.591. The van der Waals surface area contributed by atoms with Crippen molar-refractivity contribution in [3.05, 3.63) is 431 Å². The highest BCUT2D eigenvalue weighted by Gasteiger charge is 2.26. The number of imidazole rings is 1. The normalized spacial score (nSPS) is 11.8. The molecule has 0 aliphatic heterocycles. The maximum Gasteiger partial charge on any atom is 0.160 e. The predicted molar refractivity (Wildman–Crippen MR) is 500 cm³/mol. The summed E-state index contributed by atoms with van der Waals surface area (Å²) in [6.45, 7) is 0. The first kappa shape index (κ1) is 69.0. The van der Waals surface area contributed by atoms with Crippen molar-refractivity contribution in [3.8, 4) is 135 Å². The number of nitrogens with zero attached hydrogens (tertiary/aromatic N) is 9. The van der Waals surface area contributed by atoms with Crippen LogP contribution in [0.1, 0.15) is 0 Å². The minimum Gasteiger partial charge on any atom is -0.309 e. The third-order valence-electron chi connectivity index (χ3n) is 24.3. The van der Waals surface area contributed by atoms with Crippen LogP contribution in [0, 0.1) is 0 Å². The van der Waals surface area contributed by atoms with Gasteiger partial charge in [-0.3, -0.25) is 13.5 Å². The molecule has 0 aliphatic carbocycles. The molecule has 0 atom stereocenters. The molecule has 564 valence electrons. The number of benzene rings is 16. The van der Waals surface area contributed by atoms with E-state index >= 15 is 0 Å². The summed E-state index contributed by atoms with van der Waals surface area (Å²) in [7, 11) is 0. The Balaban J connectivity index is 0.698. The Kier molecular flexibility index (Phi) is 16.1. The van der Waals surface area contributed by atoms with Crippen LogP contribution in [0.15, 0.2) is 431 Å². The molecule has 0 radical (unpaired) electrons. The van der Waals surface area contributed by atoms with Gasteiger partial charge in [0.25, 0.3) is 0 Å². The van der Waals surface area contributed by atoms with Crippen LogP contribution < -0.4 is 0 Å².